The van der Waals surface area contributed by atoms with Crippen LogP contribution in [-0.4, -0.2) is 40.8 Å². The molecule has 0 atom stereocenters. The highest BCUT2D eigenvalue weighted by molar-refractivity contribution is 7.99. The van der Waals surface area contributed by atoms with Gasteiger partial charge in [0.2, 0.25) is 5.91 Å². The zero-order valence-electron chi connectivity index (χ0n) is 15.4. The van der Waals surface area contributed by atoms with Crippen molar-refractivity contribution in [2.24, 2.45) is 0 Å². The molecular weight excluding hydrogens is 435 g/mol. The van der Waals surface area contributed by atoms with E-state index in [-0.39, 0.29) is 11.7 Å². The number of fused-ring (bicyclic) bond motifs is 1. The molecule has 3 aromatic rings. The van der Waals surface area contributed by atoms with E-state index in [1.165, 1.54) is 11.8 Å². The van der Waals surface area contributed by atoms with Crippen LogP contribution < -0.4 is 10.9 Å². The number of hydrogen-bond acceptors (Lipinski definition) is 5. The molecule has 0 aliphatic carbocycles. The SMILES string of the molecule is COCCn1c(SCC(=O)NNC(=O)c2ccc(Cl)cc2)nc2cc(Cl)ccc21. The van der Waals surface area contributed by atoms with E-state index in [1.807, 2.05) is 10.6 Å². The van der Waals surface area contributed by atoms with Gasteiger partial charge in [-0.25, -0.2) is 4.98 Å². The summed E-state index contributed by atoms with van der Waals surface area (Å²) >= 11 is 13.1. The summed E-state index contributed by atoms with van der Waals surface area (Å²) < 4.78 is 7.14. The predicted octanol–water partition coefficient (Wildman–Crippen LogP) is 3.54. The number of hydrazine groups is 1. The van der Waals surface area contributed by atoms with Gasteiger partial charge in [0.15, 0.2) is 5.16 Å². The van der Waals surface area contributed by atoms with Gasteiger partial charge >= 0.3 is 0 Å². The highest BCUT2D eigenvalue weighted by Crippen LogP contribution is 2.26. The summed E-state index contributed by atoms with van der Waals surface area (Å²) in [5.41, 5.74) is 6.81. The standard InChI is InChI=1S/C19H18Cl2N4O3S/c1-28-9-8-25-16-7-6-14(21)10-15(16)22-19(25)29-11-17(26)23-24-18(27)12-2-4-13(20)5-3-12/h2-7,10H,8-9,11H2,1H3,(H,23,26)(H,24,27). The van der Waals surface area contributed by atoms with E-state index in [4.69, 9.17) is 27.9 Å². The zero-order chi connectivity index (χ0) is 20.8. The summed E-state index contributed by atoms with van der Waals surface area (Å²) in [6, 6.07) is 11.8. The van der Waals surface area contributed by atoms with Crippen molar-refractivity contribution in [3.8, 4) is 0 Å². The van der Waals surface area contributed by atoms with Crippen molar-refractivity contribution in [3.05, 3.63) is 58.1 Å². The Hall–Kier alpha value is -2.26. The first-order valence-corrected chi connectivity index (χ1v) is 10.3. The fourth-order valence-corrected chi connectivity index (χ4v) is 3.69. The second-order valence-electron chi connectivity index (χ2n) is 5.97. The van der Waals surface area contributed by atoms with Gasteiger partial charge in [-0.15, -0.1) is 0 Å². The van der Waals surface area contributed by atoms with E-state index in [2.05, 4.69) is 15.8 Å². The number of nitrogens with one attached hydrogen (secondary N) is 2. The minimum atomic E-state index is -0.429. The second kappa shape index (κ2) is 9.98. The van der Waals surface area contributed by atoms with Gasteiger partial charge in [0.05, 0.1) is 23.4 Å². The summed E-state index contributed by atoms with van der Waals surface area (Å²) in [6.07, 6.45) is 0. The molecule has 152 valence electrons. The van der Waals surface area contributed by atoms with Gasteiger partial charge in [-0.3, -0.25) is 20.4 Å². The van der Waals surface area contributed by atoms with Gasteiger partial charge in [0, 0.05) is 29.3 Å². The first-order chi connectivity index (χ1) is 14.0. The average molecular weight is 453 g/mol. The van der Waals surface area contributed by atoms with Gasteiger partial charge in [0.25, 0.3) is 5.91 Å². The number of thioether (sulfide) groups is 1. The van der Waals surface area contributed by atoms with Crippen molar-refractivity contribution < 1.29 is 14.3 Å². The topological polar surface area (TPSA) is 85.2 Å². The van der Waals surface area contributed by atoms with Gasteiger partial charge in [-0.05, 0) is 42.5 Å². The van der Waals surface area contributed by atoms with E-state index in [9.17, 15) is 9.59 Å². The fraction of sp³-hybridized carbons (Fsp3) is 0.211. The molecule has 0 saturated carbocycles. The number of aromatic nitrogens is 2. The molecule has 0 radical (unpaired) electrons. The Labute approximate surface area is 181 Å². The molecule has 2 aromatic carbocycles. The molecule has 29 heavy (non-hydrogen) atoms. The third-order valence-electron chi connectivity index (χ3n) is 3.95. The van der Waals surface area contributed by atoms with Crippen molar-refractivity contribution in [1.82, 2.24) is 20.4 Å². The molecule has 0 saturated heterocycles. The quantitative estimate of drug-likeness (QED) is 0.422. The number of imidazole rings is 1. The van der Waals surface area contributed by atoms with Gasteiger partial charge in [0.1, 0.15) is 0 Å². The highest BCUT2D eigenvalue weighted by atomic mass is 35.5. The zero-order valence-corrected chi connectivity index (χ0v) is 17.8. The molecule has 3 rings (SSSR count). The molecule has 1 heterocycles. The van der Waals surface area contributed by atoms with Crippen LogP contribution in [0, 0.1) is 0 Å². The molecular formula is C19H18Cl2N4O3S. The minimum absolute atomic E-state index is 0.0743. The third kappa shape index (κ3) is 5.63. The normalized spacial score (nSPS) is 10.9. The molecule has 2 amide bonds. The maximum atomic E-state index is 12.2. The van der Waals surface area contributed by atoms with Crippen LogP contribution in [0.15, 0.2) is 47.6 Å². The lowest BCUT2D eigenvalue weighted by Gasteiger charge is -2.09. The number of nitrogens with zero attached hydrogens (tertiary/aromatic N) is 2. The molecule has 0 spiro atoms. The van der Waals surface area contributed by atoms with Gasteiger partial charge in [-0.2, -0.15) is 0 Å². The smallest absolute Gasteiger partial charge is 0.269 e. The van der Waals surface area contributed by atoms with Gasteiger partial charge in [-0.1, -0.05) is 35.0 Å². The largest absolute Gasteiger partial charge is 0.383 e. The first-order valence-electron chi connectivity index (χ1n) is 8.60. The molecule has 0 bridgehead atoms. The Bertz CT molecular complexity index is 1020. The number of benzene rings is 2. The Morgan fingerprint density at radius 1 is 1.10 bits per heavy atom. The Balaban J connectivity index is 1.61. The van der Waals surface area contributed by atoms with Crippen molar-refractivity contribution in [3.63, 3.8) is 0 Å². The summed E-state index contributed by atoms with van der Waals surface area (Å²) in [4.78, 5) is 28.7. The maximum Gasteiger partial charge on any atom is 0.269 e. The van der Waals surface area contributed by atoms with E-state index < -0.39 is 5.91 Å². The highest BCUT2D eigenvalue weighted by Gasteiger charge is 2.14. The van der Waals surface area contributed by atoms with Crippen LogP contribution in [0.4, 0.5) is 0 Å². The molecule has 1 aromatic heterocycles. The molecule has 10 heteroatoms. The number of halogens is 2. The van der Waals surface area contributed by atoms with Crippen molar-refractivity contribution in [2.45, 2.75) is 11.7 Å². The molecule has 0 aliphatic rings. The first kappa shape index (κ1) is 21.4. The number of carbonyl (C=O) groups excluding carboxylic acids is 2. The van der Waals surface area contributed by atoms with E-state index in [0.717, 1.165) is 11.0 Å². The van der Waals surface area contributed by atoms with Crippen LogP contribution in [0.1, 0.15) is 10.4 Å². The summed E-state index contributed by atoms with van der Waals surface area (Å²) in [5, 5.41) is 1.78. The number of hydrogen-bond donors (Lipinski definition) is 2. The van der Waals surface area contributed by atoms with Crippen LogP contribution >= 0.6 is 35.0 Å². The van der Waals surface area contributed by atoms with Crippen molar-refractivity contribution >= 4 is 57.8 Å². The number of carbonyl (C=O) groups is 2. The van der Waals surface area contributed by atoms with Crippen LogP contribution in [-0.2, 0) is 16.1 Å². The number of amides is 2. The van der Waals surface area contributed by atoms with Crippen LogP contribution in [0.3, 0.4) is 0 Å². The monoisotopic (exact) mass is 452 g/mol. The summed E-state index contributed by atoms with van der Waals surface area (Å²) in [5.74, 6) is -0.715. The molecule has 0 aliphatic heterocycles. The Kier molecular flexibility index (Phi) is 7.38. The fourth-order valence-electron chi connectivity index (χ4n) is 2.56. The minimum Gasteiger partial charge on any atom is -0.383 e. The molecule has 0 unspecified atom stereocenters. The van der Waals surface area contributed by atoms with Crippen LogP contribution in [0.25, 0.3) is 11.0 Å². The second-order valence-corrected chi connectivity index (χ2v) is 7.79. The molecule has 7 nitrogen and oxygen atoms in total. The molecule has 0 fully saturated rings. The van der Waals surface area contributed by atoms with Crippen molar-refractivity contribution in [1.29, 1.82) is 0 Å². The number of methoxy groups -OCH3 is 1. The van der Waals surface area contributed by atoms with E-state index in [1.54, 1.807) is 43.5 Å². The van der Waals surface area contributed by atoms with Crippen molar-refractivity contribution in [2.75, 3.05) is 19.5 Å². The average Bonchev–Trinajstić information content (AvgIpc) is 3.05. The predicted molar refractivity (Wildman–Crippen MR) is 114 cm³/mol. The van der Waals surface area contributed by atoms with Crippen LogP contribution in [0.5, 0.6) is 0 Å². The number of ether oxygens (including phenoxy) is 1. The molecule has 2 N–H and O–H groups in total. The summed E-state index contributed by atoms with van der Waals surface area (Å²) in [6.45, 7) is 1.09. The lowest BCUT2D eigenvalue weighted by Crippen LogP contribution is -2.42. The Morgan fingerprint density at radius 2 is 1.83 bits per heavy atom. The maximum absolute atomic E-state index is 12.2. The lowest BCUT2D eigenvalue weighted by molar-refractivity contribution is -0.119. The number of rotatable bonds is 7. The van der Waals surface area contributed by atoms with E-state index in [0.29, 0.717) is 33.9 Å². The lowest BCUT2D eigenvalue weighted by atomic mass is 10.2. The van der Waals surface area contributed by atoms with E-state index >= 15 is 0 Å². The Morgan fingerprint density at radius 3 is 2.55 bits per heavy atom. The van der Waals surface area contributed by atoms with Gasteiger partial charge < -0.3 is 9.30 Å². The third-order valence-corrected chi connectivity index (χ3v) is 5.41. The van der Waals surface area contributed by atoms with Crippen LogP contribution in [0.2, 0.25) is 10.0 Å². The summed E-state index contributed by atoms with van der Waals surface area (Å²) in [7, 11) is 1.62.